The number of aromatic nitrogens is 6. The highest BCUT2D eigenvalue weighted by molar-refractivity contribution is 7.92. The molecule has 1 fully saturated rings. The molecular formula is C36H28ClF7N8O5S. The van der Waals surface area contributed by atoms with E-state index in [1.807, 2.05) is 0 Å². The number of hydrogen-bond acceptors (Lipinski definition) is 8. The second-order valence-electron chi connectivity index (χ2n) is 14.0. The van der Waals surface area contributed by atoms with Gasteiger partial charge in [0.2, 0.25) is 15.9 Å². The molecule has 3 atom stereocenters. The first-order valence-corrected chi connectivity index (χ1v) is 19.5. The summed E-state index contributed by atoms with van der Waals surface area (Å²) in [6, 6.07) is 5.69. The lowest BCUT2D eigenvalue weighted by atomic mass is 10.0. The molecule has 58 heavy (non-hydrogen) atoms. The maximum Gasteiger partial charge on any atom is 0.293 e. The van der Waals surface area contributed by atoms with Crippen molar-refractivity contribution in [2.45, 2.75) is 43.7 Å². The topological polar surface area (TPSA) is 155 Å². The van der Waals surface area contributed by atoms with Crippen molar-refractivity contribution in [3.05, 3.63) is 104 Å². The molecule has 2 N–H and O–H groups in total. The second-order valence-corrected chi connectivity index (χ2v) is 16.2. The average molecular weight is 853 g/mol. The van der Waals surface area contributed by atoms with Gasteiger partial charge in [-0.3, -0.25) is 28.2 Å². The average Bonchev–Trinajstić information content (AvgIpc) is 3.67. The summed E-state index contributed by atoms with van der Waals surface area (Å²) in [7, 11) is -1.39. The number of rotatable bonds is 11. The van der Waals surface area contributed by atoms with Crippen molar-refractivity contribution in [3.8, 4) is 11.4 Å². The maximum atomic E-state index is 16.0. The Morgan fingerprint density at radius 1 is 1.09 bits per heavy atom. The van der Waals surface area contributed by atoms with Gasteiger partial charge >= 0.3 is 0 Å². The highest BCUT2D eigenvalue weighted by atomic mass is 35.5. The van der Waals surface area contributed by atoms with E-state index in [0.717, 1.165) is 36.1 Å². The van der Waals surface area contributed by atoms with Crippen molar-refractivity contribution in [2.75, 3.05) is 18.1 Å². The number of aryl methyl sites for hydroxylation is 1. The molecule has 1 amide bonds. The standard InChI is InChI=1S/C36H28ClF7N8O5S/c1-50-30-22(6-5-20(37)26(30)33(48-50)49-58(3,55)56)52-34(46-28-17(35(52)54)4-7-23(57-2)27(28)40)21(10-14-8-15(38)11-16(39)9-14)45-24(53)13-51-31-25(29(47-51)32(41)42)18-12-19(18)36(31,43)44/h4-9,11,18-19,21,32H,10,12-13H2,1-3H3,(H,45,53)(H,48,49)/t18-,19+,21-/m0/s1. The molecule has 3 aromatic heterocycles. The lowest BCUT2D eigenvalue weighted by Crippen LogP contribution is -2.38. The van der Waals surface area contributed by atoms with Crippen molar-refractivity contribution in [2.24, 2.45) is 13.0 Å². The zero-order valence-corrected chi connectivity index (χ0v) is 31.7. The number of alkyl halides is 4. The molecule has 3 aromatic carbocycles. The van der Waals surface area contributed by atoms with E-state index < -0.39 is 105 Å². The molecule has 0 unspecified atom stereocenters. The van der Waals surface area contributed by atoms with E-state index in [9.17, 15) is 35.6 Å². The number of fused-ring (bicyclic) bond motifs is 5. The minimum Gasteiger partial charge on any atom is -0.494 e. The van der Waals surface area contributed by atoms with E-state index in [4.69, 9.17) is 16.3 Å². The van der Waals surface area contributed by atoms with Gasteiger partial charge in [-0.1, -0.05) is 11.6 Å². The van der Waals surface area contributed by atoms with Crippen LogP contribution in [0, 0.1) is 23.4 Å². The van der Waals surface area contributed by atoms with Crippen LogP contribution in [0.3, 0.4) is 0 Å². The van der Waals surface area contributed by atoms with Gasteiger partial charge in [0.15, 0.2) is 17.4 Å². The fraction of sp³-hybridized carbons (Fsp3) is 0.306. The fourth-order valence-corrected chi connectivity index (χ4v) is 8.49. The maximum absolute atomic E-state index is 16.0. The van der Waals surface area contributed by atoms with Crippen LogP contribution < -0.4 is 20.3 Å². The number of halogens is 8. The third-order valence-electron chi connectivity index (χ3n) is 10.1. The van der Waals surface area contributed by atoms with Crippen LogP contribution >= 0.6 is 11.6 Å². The largest absolute Gasteiger partial charge is 0.494 e. The Bertz CT molecular complexity index is 2880. The van der Waals surface area contributed by atoms with Gasteiger partial charge in [-0.2, -0.15) is 19.0 Å². The third kappa shape index (κ3) is 6.49. The van der Waals surface area contributed by atoms with E-state index >= 15 is 13.2 Å². The molecule has 0 saturated heterocycles. The smallest absolute Gasteiger partial charge is 0.293 e. The zero-order valence-electron chi connectivity index (χ0n) is 30.1. The predicted molar refractivity (Wildman–Crippen MR) is 194 cm³/mol. The molecule has 304 valence electrons. The number of benzene rings is 3. The van der Waals surface area contributed by atoms with Crippen molar-refractivity contribution >= 4 is 55.2 Å². The van der Waals surface area contributed by atoms with Crippen LogP contribution in [0.4, 0.5) is 36.6 Å². The Labute approximate surface area is 327 Å². The minimum absolute atomic E-state index is 0.0000794. The monoisotopic (exact) mass is 852 g/mol. The SMILES string of the molecule is COc1ccc2c(=O)n(-c3ccc(Cl)c4c(NS(C)(=O)=O)nn(C)c34)c([C@H](Cc3cc(F)cc(F)c3)NC(=O)Cn3nc(C(F)F)c4c3C(F)(F)[C@@H]3C[C@H]43)nc2c1F. The lowest BCUT2D eigenvalue weighted by Gasteiger charge is -2.24. The molecule has 13 nitrogen and oxygen atoms in total. The van der Waals surface area contributed by atoms with Gasteiger partial charge in [0.1, 0.15) is 40.9 Å². The normalized spacial score (nSPS) is 17.4. The number of methoxy groups -OCH3 is 1. The molecule has 0 bridgehead atoms. The quantitative estimate of drug-likeness (QED) is 0.147. The van der Waals surface area contributed by atoms with Gasteiger partial charge in [-0.15, -0.1) is 0 Å². The van der Waals surface area contributed by atoms with Crippen molar-refractivity contribution in [1.82, 2.24) is 34.4 Å². The molecule has 0 spiro atoms. The third-order valence-corrected chi connectivity index (χ3v) is 11.0. The number of anilines is 1. The van der Waals surface area contributed by atoms with Crippen LogP contribution in [0.5, 0.6) is 5.75 Å². The summed E-state index contributed by atoms with van der Waals surface area (Å²) < 4.78 is 139. The van der Waals surface area contributed by atoms with Crippen LogP contribution in [0.2, 0.25) is 5.02 Å². The van der Waals surface area contributed by atoms with Crippen LogP contribution in [0.15, 0.2) is 47.3 Å². The zero-order chi connectivity index (χ0) is 41.7. The Hall–Kier alpha value is -5.70. The number of hydrogen-bond donors (Lipinski definition) is 2. The number of amides is 1. The molecule has 0 radical (unpaired) electrons. The highest BCUT2D eigenvalue weighted by Crippen LogP contribution is 2.68. The van der Waals surface area contributed by atoms with Gasteiger partial charge in [0, 0.05) is 31.0 Å². The van der Waals surface area contributed by atoms with Gasteiger partial charge in [0.05, 0.1) is 46.4 Å². The minimum atomic E-state index is -3.94. The highest BCUT2D eigenvalue weighted by Gasteiger charge is 2.67. The molecule has 6 aromatic rings. The summed E-state index contributed by atoms with van der Waals surface area (Å²) in [6.07, 6.45) is -2.98. The van der Waals surface area contributed by atoms with Crippen LogP contribution in [-0.4, -0.2) is 56.8 Å². The van der Waals surface area contributed by atoms with E-state index in [1.165, 1.54) is 29.9 Å². The van der Waals surface area contributed by atoms with E-state index in [-0.39, 0.29) is 56.1 Å². The summed E-state index contributed by atoms with van der Waals surface area (Å²) in [5.41, 5.74) is -3.80. The van der Waals surface area contributed by atoms with Gasteiger partial charge in [-0.05, 0) is 54.3 Å². The number of nitrogens with zero attached hydrogens (tertiary/aromatic N) is 6. The van der Waals surface area contributed by atoms with Gasteiger partial charge < -0.3 is 10.1 Å². The number of nitrogens with one attached hydrogen (secondary N) is 2. The van der Waals surface area contributed by atoms with Crippen molar-refractivity contribution in [1.29, 1.82) is 0 Å². The molecular weight excluding hydrogens is 825 g/mol. The Balaban J connectivity index is 1.35. The summed E-state index contributed by atoms with van der Waals surface area (Å²) >= 11 is 6.54. The molecule has 1 saturated carbocycles. The van der Waals surface area contributed by atoms with Crippen LogP contribution in [-0.2, 0) is 40.8 Å². The predicted octanol–water partition coefficient (Wildman–Crippen LogP) is 6.17. The van der Waals surface area contributed by atoms with Gasteiger partial charge in [-0.25, -0.2) is 35.4 Å². The van der Waals surface area contributed by atoms with Gasteiger partial charge in [0.25, 0.3) is 17.9 Å². The molecule has 2 aliphatic rings. The summed E-state index contributed by atoms with van der Waals surface area (Å²) in [6.45, 7) is -1.05. The molecule has 0 aliphatic heterocycles. The second kappa shape index (κ2) is 13.7. The Morgan fingerprint density at radius 2 is 1.79 bits per heavy atom. The molecule has 22 heteroatoms. The first-order chi connectivity index (χ1) is 27.3. The summed E-state index contributed by atoms with van der Waals surface area (Å²) in [5, 5.41) is 10.1. The first-order valence-electron chi connectivity index (χ1n) is 17.2. The first kappa shape index (κ1) is 39.1. The fourth-order valence-electron chi connectivity index (χ4n) is 7.75. The summed E-state index contributed by atoms with van der Waals surface area (Å²) in [4.78, 5) is 33.1. The van der Waals surface area contributed by atoms with E-state index in [2.05, 4.69) is 25.2 Å². The molecule has 2 aliphatic carbocycles. The molecule has 3 heterocycles. The lowest BCUT2D eigenvalue weighted by molar-refractivity contribution is -0.123. The number of ether oxygens (including phenoxy) is 1. The van der Waals surface area contributed by atoms with Crippen LogP contribution in [0.1, 0.15) is 53.1 Å². The number of carbonyl (C=O) groups excluding carboxylic acids is 1. The van der Waals surface area contributed by atoms with Crippen molar-refractivity contribution < 1.29 is 48.7 Å². The number of carbonyl (C=O) groups is 1. The van der Waals surface area contributed by atoms with Crippen molar-refractivity contribution in [3.63, 3.8) is 0 Å². The molecule has 8 rings (SSSR count). The summed E-state index contributed by atoms with van der Waals surface area (Å²) in [5.74, 6) is -11.1. The van der Waals surface area contributed by atoms with E-state index in [0.29, 0.717) is 10.7 Å². The number of sulfonamides is 1. The van der Waals surface area contributed by atoms with Crippen LogP contribution in [0.25, 0.3) is 27.5 Å². The Kier molecular flexibility index (Phi) is 9.25. The Morgan fingerprint density at radius 3 is 2.45 bits per heavy atom. The van der Waals surface area contributed by atoms with E-state index in [1.54, 1.807) is 0 Å².